The first-order chi connectivity index (χ1) is 11.9. The summed E-state index contributed by atoms with van der Waals surface area (Å²) in [5, 5.41) is 0. The summed E-state index contributed by atoms with van der Waals surface area (Å²) in [5.74, 6) is -1.06. The fraction of sp³-hybridized carbons (Fsp3) is 0.375. The van der Waals surface area contributed by atoms with Gasteiger partial charge in [0.2, 0.25) is 10.0 Å². The standard InChI is InChI=1S/C16H17F2N3O3S/c1-11-7-12(17)4-5-15(11)25(22,23)21-6-2-3-14(10-21)24-16-19-8-13(18)9-20-16/h4-5,7-9,14H,2-3,6,10H2,1H3. The lowest BCUT2D eigenvalue weighted by Crippen LogP contribution is -2.44. The summed E-state index contributed by atoms with van der Waals surface area (Å²) >= 11 is 0. The van der Waals surface area contributed by atoms with E-state index in [1.54, 1.807) is 6.92 Å². The zero-order valence-corrected chi connectivity index (χ0v) is 14.3. The van der Waals surface area contributed by atoms with Crippen LogP contribution in [0.15, 0.2) is 35.5 Å². The van der Waals surface area contributed by atoms with Crippen molar-refractivity contribution >= 4 is 10.0 Å². The first kappa shape index (κ1) is 17.7. The van der Waals surface area contributed by atoms with Crippen molar-refractivity contribution in [1.82, 2.24) is 14.3 Å². The lowest BCUT2D eigenvalue weighted by Gasteiger charge is -2.31. The Balaban J connectivity index is 1.76. The molecule has 3 rings (SSSR count). The van der Waals surface area contributed by atoms with Crippen LogP contribution in [0.25, 0.3) is 0 Å². The molecule has 1 aromatic heterocycles. The second-order valence-electron chi connectivity index (χ2n) is 5.84. The normalized spacial score (nSPS) is 18.9. The Labute approximate surface area is 144 Å². The third kappa shape index (κ3) is 3.93. The summed E-state index contributed by atoms with van der Waals surface area (Å²) < 4.78 is 58.6. The van der Waals surface area contributed by atoms with Gasteiger partial charge in [-0.15, -0.1) is 0 Å². The van der Waals surface area contributed by atoms with Crippen LogP contribution in [0, 0.1) is 18.6 Å². The predicted molar refractivity (Wildman–Crippen MR) is 85.5 cm³/mol. The average Bonchev–Trinajstić information content (AvgIpc) is 2.57. The van der Waals surface area contributed by atoms with Crippen LogP contribution in [0.2, 0.25) is 0 Å². The van der Waals surface area contributed by atoms with Gasteiger partial charge in [-0.05, 0) is 43.5 Å². The van der Waals surface area contributed by atoms with Gasteiger partial charge in [0, 0.05) is 6.54 Å². The molecule has 1 aliphatic heterocycles. The first-order valence-electron chi connectivity index (χ1n) is 7.77. The molecular formula is C16H17F2N3O3S. The van der Waals surface area contributed by atoms with Crippen molar-refractivity contribution in [3.8, 4) is 6.01 Å². The molecule has 1 saturated heterocycles. The smallest absolute Gasteiger partial charge is 0.316 e. The molecule has 0 spiro atoms. The lowest BCUT2D eigenvalue weighted by atomic mass is 10.1. The van der Waals surface area contributed by atoms with Gasteiger partial charge in [0.15, 0.2) is 5.82 Å². The van der Waals surface area contributed by atoms with Crippen molar-refractivity contribution in [2.75, 3.05) is 13.1 Å². The maximum absolute atomic E-state index is 13.2. The van der Waals surface area contributed by atoms with E-state index < -0.39 is 27.8 Å². The largest absolute Gasteiger partial charge is 0.459 e. The number of benzene rings is 1. The summed E-state index contributed by atoms with van der Waals surface area (Å²) in [6.07, 6.45) is 2.78. The number of nitrogens with zero attached hydrogens (tertiary/aromatic N) is 3. The van der Waals surface area contributed by atoms with Crippen molar-refractivity contribution in [2.24, 2.45) is 0 Å². The molecular weight excluding hydrogens is 352 g/mol. The predicted octanol–water partition coefficient (Wildman–Crippen LogP) is 2.30. The molecule has 0 amide bonds. The molecule has 134 valence electrons. The number of piperidine rings is 1. The summed E-state index contributed by atoms with van der Waals surface area (Å²) in [6.45, 7) is 2.03. The molecule has 0 radical (unpaired) electrons. The highest BCUT2D eigenvalue weighted by atomic mass is 32.2. The zero-order valence-electron chi connectivity index (χ0n) is 13.5. The van der Waals surface area contributed by atoms with Crippen LogP contribution in [0.1, 0.15) is 18.4 Å². The fourth-order valence-corrected chi connectivity index (χ4v) is 4.49. The van der Waals surface area contributed by atoms with Gasteiger partial charge >= 0.3 is 6.01 Å². The van der Waals surface area contributed by atoms with Gasteiger partial charge in [-0.25, -0.2) is 27.2 Å². The van der Waals surface area contributed by atoms with E-state index in [9.17, 15) is 17.2 Å². The third-order valence-electron chi connectivity index (χ3n) is 3.96. The molecule has 0 N–H and O–H groups in total. The maximum atomic E-state index is 13.2. The number of sulfonamides is 1. The minimum atomic E-state index is -3.76. The Morgan fingerprint density at radius 1 is 1.20 bits per heavy atom. The minimum Gasteiger partial charge on any atom is -0.459 e. The van der Waals surface area contributed by atoms with Crippen molar-refractivity contribution in [1.29, 1.82) is 0 Å². The van der Waals surface area contributed by atoms with Crippen LogP contribution >= 0.6 is 0 Å². The van der Waals surface area contributed by atoms with E-state index in [4.69, 9.17) is 4.74 Å². The second kappa shape index (κ2) is 7.01. The Hall–Kier alpha value is -2.13. The first-order valence-corrected chi connectivity index (χ1v) is 9.21. The SMILES string of the molecule is Cc1cc(F)ccc1S(=O)(=O)N1CCCC(Oc2ncc(F)cn2)C1. The Kier molecular flexibility index (Phi) is 4.96. The van der Waals surface area contributed by atoms with E-state index >= 15 is 0 Å². The number of halogens is 2. The summed E-state index contributed by atoms with van der Waals surface area (Å²) in [7, 11) is -3.76. The fourth-order valence-electron chi connectivity index (χ4n) is 2.77. The minimum absolute atomic E-state index is 0.00334. The van der Waals surface area contributed by atoms with E-state index in [0.29, 0.717) is 24.9 Å². The van der Waals surface area contributed by atoms with Crippen molar-refractivity contribution in [2.45, 2.75) is 30.8 Å². The molecule has 0 bridgehead atoms. The van der Waals surface area contributed by atoms with Crippen molar-refractivity contribution < 1.29 is 21.9 Å². The van der Waals surface area contributed by atoms with Crippen LogP contribution in [-0.2, 0) is 10.0 Å². The van der Waals surface area contributed by atoms with E-state index in [1.807, 2.05) is 0 Å². The van der Waals surface area contributed by atoms with Gasteiger partial charge in [0.25, 0.3) is 0 Å². The summed E-state index contributed by atoms with van der Waals surface area (Å²) in [6, 6.07) is 3.60. The number of ether oxygens (including phenoxy) is 1. The molecule has 6 nitrogen and oxygen atoms in total. The van der Waals surface area contributed by atoms with Gasteiger partial charge in [0.1, 0.15) is 11.9 Å². The van der Waals surface area contributed by atoms with Gasteiger partial charge in [0.05, 0.1) is 23.8 Å². The molecule has 25 heavy (non-hydrogen) atoms. The van der Waals surface area contributed by atoms with Crippen LogP contribution < -0.4 is 4.74 Å². The molecule has 1 fully saturated rings. The van der Waals surface area contributed by atoms with Crippen LogP contribution in [0.3, 0.4) is 0 Å². The highest BCUT2D eigenvalue weighted by Crippen LogP contribution is 2.25. The molecule has 2 heterocycles. The quantitative estimate of drug-likeness (QED) is 0.827. The Morgan fingerprint density at radius 2 is 1.92 bits per heavy atom. The van der Waals surface area contributed by atoms with E-state index in [1.165, 1.54) is 16.4 Å². The van der Waals surface area contributed by atoms with E-state index in [0.717, 1.165) is 18.5 Å². The van der Waals surface area contributed by atoms with Crippen LogP contribution in [0.4, 0.5) is 8.78 Å². The van der Waals surface area contributed by atoms with Gasteiger partial charge < -0.3 is 4.74 Å². The third-order valence-corrected chi connectivity index (χ3v) is 5.99. The molecule has 0 aliphatic carbocycles. The summed E-state index contributed by atoms with van der Waals surface area (Å²) in [5.41, 5.74) is 0.352. The summed E-state index contributed by atoms with van der Waals surface area (Å²) in [4.78, 5) is 7.52. The molecule has 0 saturated carbocycles. The number of aryl methyl sites for hydroxylation is 1. The molecule has 1 aliphatic rings. The molecule has 2 aromatic rings. The molecule has 1 unspecified atom stereocenters. The van der Waals surface area contributed by atoms with E-state index in [-0.39, 0.29) is 17.5 Å². The highest BCUT2D eigenvalue weighted by Gasteiger charge is 2.32. The van der Waals surface area contributed by atoms with Crippen LogP contribution in [-0.4, -0.2) is 41.9 Å². The average molecular weight is 369 g/mol. The van der Waals surface area contributed by atoms with Gasteiger partial charge in [-0.1, -0.05) is 0 Å². The zero-order chi connectivity index (χ0) is 18.0. The van der Waals surface area contributed by atoms with Crippen LogP contribution in [0.5, 0.6) is 6.01 Å². The van der Waals surface area contributed by atoms with Gasteiger partial charge in [-0.2, -0.15) is 4.31 Å². The monoisotopic (exact) mass is 369 g/mol. The highest BCUT2D eigenvalue weighted by molar-refractivity contribution is 7.89. The number of hydrogen-bond acceptors (Lipinski definition) is 5. The molecule has 1 atom stereocenters. The number of rotatable bonds is 4. The lowest BCUT2D eigenvalue weighted by molar-refractivity contribution is 0.119. The molecule has 9 heteroatoms. The maximum Gasteiger partial charge on any atom is 0.316 e. The topological polar surface area (TPSA) is 72.4 Å². The van der Waals surface area contributed by atoms with Gasteiger partial charge in [-0.3, -0.25) is 0 Å². The van der Waals surface area contributed by atoms with E-state index in [2.05, 4.69) is 9.97 Å². The van der Waals surface area contributed by atoms with Crippen molar-refractivity contribution in [3.05, 3.63) is 47.8 Å². The Morgan fingerprint density at radius 3 is 2.60 bits per heavy atom. The Bertz CT molecular complexity index is 859. The number of aromatic nitrogens is 2. The molecule has 1 aromatic carbocycles. The van der Waals surface area contributed by atoms with Crippen molar-refractivity contribution in [3.63, 3.8) is 0 Å². The number of hydrogen-bond donors (Lipinski definition) is 0. The second-order valence-corrected chi connectivity index (χ2v) is 7.75.